The summed E-state index contributed by atoms with van der Waals surface area (Å²) in [6, 6.07) is 6.10. The first-order chi connectivity index (χ1) is 11.8. The Bertz CT molecular complexity index is 863. The standard InChI is InChI=1S/C18H19N5O/c1-12-7-19-11-17(18(12)24-14-9-20-10-14)23-8-13-2-3-15-16(6-13)22-5-4-21-15/h2-7,11,14,20,23H,8-10H2,1H3. The van der Waals surface area contributed by atoms with Crippen LogP contribution in [0.4, 0.5) is 5.69 Å². The van der Waals surface area contributed by atoms with Gasteiger partial charge in [-0.2, -0.15) is 0 Å². The van der Waals surface area contributed by atoms with Crippen LogP contribution in [0.25, 0.3) is 11.0 Å². The van der Waals surface area contributed by atoms with Gasteiger partial charge in [0.2, 0.25) is 0 Å². The van der Waals surface area contributed by atoms with E-state index in [-0.39, 0.29) is 6.10 Å². The van der Waals surface area contributed by atoms with Crippen molar-refractivity contribution >= 4 is 16.7 Å². The molecule has 4 rings (SSSR count). The maximum Gasteiger partial charge on any atom is 0.148 e. The Kier molecular flexibility index (Phi) is 3.96. The fourth-order valence-corrected chi connectivity index (χ4v) is 2.66. The monoisotopic (exact) mass is 321 g/mol. The Morgan fingerprint density at radius 3 is 2.79 bits per heavy atom. The molecule has 1 aliphatic heterocycles. The topological polar surface area (TPSA) is 72.0 Å². The summed E-state index contributed by atoms with van der Waals surface area (Å²) < 4.78 is 6.08. The molecule has 0 unspecified atom stereocenters. The minimum Gasteiger partial charge on any atom is -0.485 e. The van der Waals surface area contributed by atoms with Crippen LogP contribution in [0.1, 0.15) is 11.1 Å². The minimum atomic E-state index is 0.239. The van der Waals surface area contributed by atoms with Crippen LogP contribution in [0.3, 0.4) is 0 Å². The molecule has 0 amide bonds. The summed E-state index contributed by atoms with van der Waals surface area (Å²) in [6.07, 6.45) is 7.30. The predicted octanol–water partition coefficient (Wildman–Crippen LogP) is 2.30. The molecule has 6 heteroatoms. The Hall–Kier alpha value is -2.73. The van der Waals surface area contributed by atoms with Crippen molar-refractivity contribution in [3.63, 3.8) is 0 Å². The van der Waals surface area contributed by atoms with Crippen LogP contribution < -0.4 is 15.4 Å². The number of nitrogens with zero attached hydrogens (tertiary/aromatic N) is 3. The van der Waals surface area contributed by atoms with E-state index in [9.17, 15) is 0 Å². The highest BCUT2D eigenvalue weighted by atomic mass is 16.5. The summed E-state index contributed by atoms with van der Waals surface area (Å²) in [4.78, 5) is 12.9. The van der Waals surface area contributed by atoms with E-state index >= 15 is 0 Å². The smallest absolute Gasteiger partial charge is 0.148 e. The lowest BCUT2D eigenvalue weighted by Gasteiger charge is -2.29. The van der Waals surface area contributed by atoms with E-state index in [0.29, 0.717) is 6.54 Å². The third-order valence-electron chi connectivity index (χ3n) is 4.12. The van der Waals surface area contributed by atoms with E-state index in [1.165, 1.54) is 0 Å². The van der Waals surface area contributed by atoms with Gasteiger partial charge in [-0.25, -0.2) is 0 Å². The Morgan fingerprint density at radius 1 is 1.17 bits per heavy atom. The Morgan fingerprint density at radius 2 is 2.00 bits per heavy atom. The molecule has 0 spiro atoms. The zero-order chi connectivity index (χ0) is 16.4. The molecule has 3 aromatic rings. The van der Waals surface area contributed by atoms with Crippen LogP contribution in [0.15, 0.2) is 43.0 Å². The van der Waals surface area contributed by atoms with E-state index < -0.39 is 0 Å². The highest BCUT2D eigenvalue weighted by molar-refractivity contribution is 5.74. The quantitative estimate of drug-likeness (QED) is 0.751. The Labute approximate surface area is 140 Å². The number of ether oxygens (including phenoxy) is 1. The molecule has 3 heterocycles. The van der Waals surface area contributed by atoms with Crippen molar-refractivity contribution in [3.8, 4) is 5.75 Å². The molecule has 0 aliphatic carbocycles. The maximum absolute atomic E-state index is 6.08. The van der Waals surface area contributed by atoms with Gasteiger partial charge in [0, 0.05) is 43.8 Å². The minimum absolute atomic E-state index is 0.239. The van der Waals surface area contributed by atoms with Crippen molar-refractivity contribution in [3.05, 3.63) is 54.1 Å². The van der Waals surface area contributed by atoms with Gasteiger partial charge in [0.25, 0.3) is 0 Å². The van der Waals surface area contributed by atoms with Crippen molar-refractivity contribution in [1.29, 1.82) is 0 Å². The van der Waals surface area contributed by atoms with Gasteiger partial charge in [0.15, 0.2) is 0 Å². The SMILES string of the molecule is Cc1cncc(NCc2ccc3nccnc3c2)c1OC1CNC1. The molecule has 6 nitrogen and oxygen atoms in total. The van der Waals surface area contributed by atoms with Gasteiger partial charge in [-0.15, -0.1) is 0 Å². The number of nitrogens with one attached hydrogen (secondary N) is 2. The van der Waals surface area contributed by atoms with Gasteiger partial charge >= 0.3 is 0 Å². The van der Waals surface area contributed by atoms with Gasteiger partial charge < -0.3 is 15.4 Å². The zero-order valence-corrected chi connectivity index (χ0v) is 13.5. The lowest BCUT2D eigenvalue weighted by molar-refractivity contribution is 0.142. The molecular formula is C18H19N5O. The molecule has 0 bridgehead atoms. The van der Waals surface area contributed by atoms with Crippen molar-refractivity contribution in [2.75, 3.05) is 18.4 Å². The van der Waals surface area contributed by atoms with Crippen molar-refractivity contribution in [2.45, 2.75) is 19.6 Å². The molecule has 0 atom stereocenters. The van der Waals surface area contributed by atoms with E-state index in [0.717, 1.165) is 46.7 Å². The van der Waals surface area contributed by atoms with Crippen LogP contribution in [-0.2, 0) is 6.54 Å². The number of aromatic nitrogens is 3. The lowest BCUT2D eigenvalue weighted by atomic mass is 10.1. The lowest BCUT2D eigenvalue weighted by Crippen LogP contribution is -2.50. The zero-order valence-electron chi connectivity index (χ0n) is 13.5. The van der Waals surface area contributed by atoms with Crippen LogP contribution in [0.2, 0.25) is 0 Å². The summed E-state index contributed by atoms with van der Waals surface area (Å²) in [6.45, 7) is 4.48. The summed E-state index contributed by atoms with van der Waals surface area (Å²) in [5.74, 6) is 0.886. The Balaban J connectivity index is 1.52. The van der Waals surface area contributed by atoms with E-state index in [2.05, 4.69) is 37.7 Å². The van der Waals surface area contributed by atoms with E-state index in [1.807, 2.05) is 25.4 Å². The first-order valence-electron chi connectivity index (χ1n) is 8.05. The molecule has 1 aromatic carbocycles. The van der Waals surface area contributed by atoms with Gasteiger partial charge in [0.1, 0.15) is 11.9 Å². The normalized spacial score (nSPS) is 14.4. The first-order valence-corrected chi connectivity index (χ1v) is 8.05. The maximum atomic E-state index is 6.08. The second kappa shape index (κ2) is 6.41. The molecule has 1 aliphatic rings. The molecule has 2 N–H and O–H groups in total. The third kappa shape index (κ3) is 3.00. The summed E-state index contributed by atoms with van der Waals surface area (Å²) in [7, 11) is 0. The van der Waals surface area contributed by atoms with Crippen LogP contribution in [0.5, 0.6) is 5.75 Å². The number of benzene rings is 1. The molecule has 1 fully saturated rings. The number of anilines is 1. The molecule has 2 aromatic heterocycles. The highest BCUT2D eigenvalue weighted by Gasteiger charge is 2.21. The van der Waals surface area contributed by atoms with Crippen LogP contribution in [-0.4, -0.2) is 34.1 Å². The number of aryl methyl sites for hydroxylation is 1. The predicted molar refractivity (Wildman–Crippen MR) is 93.1 cm³/mol. The number of fused-ring (bicyclic) bond motifs is 1. The largest absolute Gasteiger partial charge is 0.485 e. The van der Waals surface area contributed by atoms with E-state index in [1.54, 1.807) is 12.4 Å². The van der Waals surface area contributed by atoms with Gasteiger partial charge in [0.05, 0.1) is 22.9 Å². The molecule has 1 saturated heterocycles. The summed E-state index contributed by atoms with van der Waals surface area (Å²) in [5, 5.41) is 6.65. The fourth-order valence-electron chi connectivity index (χ4n) is 2.66. The average Bonchev–Trinajstić information content (AvgIpc) is 2.57. The van der Waals surface area contributed by atoms with E-state index in [4.69, 9.17) is 4.74 Å². The van der Waals surface area contributed by atoms with Gasteiger partial charge in [-0.3, -0.25) is 15.0 Å². The summed E-state index contributed by atoms with van der Waals surface area (Å²) in [5.41, 5.74) is 4.90. The second-order valence-corrected chi connectivity index (χ2v) is 5.96. The second-order valence-electron chi connectivity index (χ2n) is 5.96. The van der Waals surface area contributed by atoms with Crippen LogP contribution >= 0.6 is 0 Å². The fraction of sp³-hybridized carbons (Fsp3) is 0.278. The van der Waals surface area contributed by atoms with Crippen molar-refractivity contribution in [2.24, 2.45) is 0 Å². The number of hydrogen-bond acceptors (Lipinski definition) is 6. The number of pyridine rings is 1. The van der Waals surface area contributed by atoms with Crippen molar-refractivity contribution in [1.82, 2.24) is 20.3 Å². The number of hydrogen-bond donors (Lipinski definition) is 2. The molecule has 122 valence electrons. The van der Waals surface area contributed by atoms with Crippen molar-refractivity contribution < 1.29 is 4.74 Å². The molecular weight excluding hydrogens is 302 g/mol. The van der Waals surface area contributed by atoms with Gasteiger partial charge in [-0.05, 0) is 24.6 Å². The molecule has 0 saturated carbocycles. The third-order valence-corrected chi connectivity index (χ3v) is 4.12. The van der Waals surface area contributed by atoms with Crippen LogP contribution in [0, 0.1) is 6.92 Å². The molecule has 0 radical (unpaired) electrons. The summed E-state index contributed by atoms with van der Waals surface area (Å²) >= 11 is 0. The van der Waals surface area contributed by atoms with Gasteiger partial charge in [-0.1, -0.05) is 6.07 Å². The highest BCUT2D eigenvalue weighted by Crippen LogP contribution is 2.29. The number of rotatable bonds is 5. The first kappa shape index (κ1) is 14.8. The average molecular weight is 321 g/mol. The molecule has 24 heavy (non-hydrogen) atoms.